The molecule has 1 aromatic carbocycles. The van der Waals surface area contributed by atoms with Crippen LogP contribution < -0.4 is 10.5 Å². The highest BCUT2D eigenvalue weighted by molar-refractivity contribution is 7.89. The standard InChI is InChI=1S/C21H32N2O7S/c1-21(2,3)15-13-18(20(22)25)30-19(14-15)29-12-10-23(9-11-24)31(26,27)17-7-5-16(28-4)6-8-17/h5-8,13,15,19,24H,9-12,14H2,1-4H3,(H2,22,25)/t15-,19+/m1/s1. The summed E-state index contributed by atoms with van der Waals surface area (Å²) in [6.07, 6.45) is 1.50. The summed E-state index contributed by atoms with van der Waals surface area (Å²) in [7, 11) is -2.34. The van der Waals surface area contributed by atoms with E-state index in [1.165, 1.54) is 19.2 Å². The summed E-state index contributed by atoms with van der Waals surface area (Å²) in [6.45, 7) is 5.72. The lowest BCUT2D eigenvalue weighted by Crippen LogP contribution is -2.39. The van der Waals surface area contributed by atoms with Crippen LogP contribution >= 0.6 is 0 Å². The summed E-state index contributed by atoms with van der Waals surface area (Å²) < 4.78 is 43.4. The number of hydrogen-bond acceptors (Lipinski definition) is 7. The number of nitrogens with zero attached hydrogens (tertiary/aromatic N) is 1. The average Bonchev–Trinajstić information content (AvgIpc) is 2.72. The van der Waals surface area contributed by atoms with Crippen molar-refractivity contribution in [2.24, 2.45) is 17.1 Å². The first-order valence-corrected chi connectivity index (χ1v) is 11.5. The van der Waals surface area contributed by atoms with Crippen molar-refractivity contribution in [1.82, 2.24) is 4.31 Å². The van der Waals surface area contributed by atoms with Gasteiger partial charge in [-0.15, -0.1) is 0 Å². The fourth-order valence-corrected chi connectivity index (χ4v) is 4.59. The van der Waals surface area contributed by atoms with E-state index in [1.807, 2.05) is 20.8 Å². The first-order chi connectivity index (χ1) is 14.5. The van der Waals surface area contributed by atoms with Crippen molar-refractivity contribution >= 4 is 15.9 Å². The predicted octanol–water partition coefficient (Wildman–Crippen LogP) is 1.47. The fourth-order valence-electron chi connectivity index (χ4n) is 3.18. The van der Waals surface area contributed by atoms with Crippen molar-refractivity contribution < 1.29 is 32.5 Å². The van der Waals surface area contributed by atoms with Gasteiger partial charge in [-0.2, -0.15) is 4.31 Å². The molecule has 0 bridgehead atoms. The molecule has 0 spiro atoms. The third kappa shape index (κ3) is 6.67. The molecule has 0 saturated heterocycles. The molecule has 31 heavy (non-hydrogen) atoms. The van der Waals surface area contributed by atoms with Crippen molar-refractivity contribution in [2.75, 3.05) is 33.4 Å². The maximum atomic E-state index is 12.9. The van der Waals surface area contributed by atoms with Gasteiger partial charge in [0.15, 0.2) is 5.76 Å². The van der Waals surface area contributed by atoms with Crippen LogP contribution in [0.1, 0.15) is 27.2 Å². The third-order valence-corrected chi connectivity index (χ3v) is 7.02. The van der Waals surface area contributed by atoms with Gasteiger partial charge in [0.1, 0.15) is 5.75 Å². The van der Waals surface area contributed by atoms with Gasteiger partial charge in [0.25, 0.3) is 5.91 Å². The van der Waals surface area contributed by atoms with E-state index < -0.39 is 22.2 Å². The number of primary amides is 1. The molecule has 3 N–H and O–H groups in total. The van der Waals surface area contributed by atoms with Crippen LogP contribution in [-0.4, -0.2) is 63.4 Å². The second-order valence-corrected chi connectivity index (χ2v) is 10.3. The minimum Gasteiger partial charge on any atom is -0.497 e. The predicted molar refractivity (Wildman–Crippen MR) is 115 cm³/mol. The molecule has 0 radical (unpaired) electrons. The zero-order chi connectivity index (χ0) is 23.2. The quantitative estimate of drug-likeness (QED) is 0.545. The Balaban J connectivity index is 2.06. The van der Waals surface area contributed by atoms with Crippen molar-refractivity contribution in [2.45, 2.75) is 38.4 Å². The molecule has 10 heteroatoms. The van der Waals surface area contributed by atoms with E-state index in [0.29, 0.717) is 12.2 Å². The van der Waals surface area contributed by atoms with Gasteiger partial charge in [0.05, 0.1) is 25.2 Å². The summed E-state index contributed by atoms with van der Waals surface area (Å²) in [5, 5.41) is 9.35. The topological polar surface area (TPSA) is 128 Å². The van der Waals surface area contributed by atoms with Crippen LogP contribution in [0, 0.1) is 11.3 Å². The molecule has 1 aliphatic rings. The molecular weight excluding hydrogens is 424 g/mol. The van der Waals surface area contributed by atoms with E-state index >= 15 is 0 Å². The van der Waals surface area contributed by atoms with Crippen LogP contribution in [0.2, 0.25) is 0 Å². The summed E-state index contributed by atoms with van der Waals surface area (Å²) in [5.41, 5.74) is 5.25. The molecule has 2 rings (SSSR count). The number of aliphatic hydroxyl groups excluding tert-OH is 1. The number of nitrogens with two attached hydrogens (primary N) is 1. The smallest absolute Gasteiger partial charge is 0.283 e. The Bertz CT molecular complexity index is 876. The van der Waals surface area contributed by atoms with Gasteiger partial charge in [-0.3, -0.25) is 4.79 Å². The molecule has 1 aliphatic heterocycles. The minimum atomic E-state index is -3.84. The van der Waals surface area contributed by atoms with E-state index in [0.717, 1.165) is 4.31 Å². The highest BCUT2D eigenvalue weighted by Crippen LogP contribution is 2.36. The molecule has 1 aromatic rings. The van der Waals surface area contributed by atoms with Crippen LogP contribution in [0.3, 0.4) is 0 Å². The molecule has 0 saturated carbocycles. The lowest BCUT2D eigenvalue weighted by Gasteiger charge is -2.35. The normalized spacial score (nSPS) is 19.6. The SMILES string of the molecule is COc1ccc(S(=O)(=O)N(CCO)CCO[C@@H]2C[C@H](C(C)(C)C)C=C(C(N)=O)O2)cc1. The number of hydrogen-bond donors (Lipinski definition) is 2. The maximum Gasteiger partial charge on any atom is 0.283 e. The Hall–Kier alpha value is -2.14. The molecule has 0 fully saturated rings. The second-order valence-electron chi connectivity index (χ2n) is 8.32. The summed E-state index contributed by atoms with van der Waals surface area (Å²) in [6, 6.07) is 6.00. The summed E-state index contributed by atoms with van der Waals surface area (Å²) >= 11 is 0. The van der Waals surface area contributed by atoms with E-state index in [9.17, 15) is 18.3 Å². The molecule has 1 heterocycles. The second kappa shape index (κ2) is 10.4. The highest BCUT2D eigenvalue weighted by Gasteiger charge is 2.34. The molecule has 1 amide bonds. The monoisotopic (exact) mass is 456 g/mol. The third-order valence-electron chi connectivity index (χ3n) is 5.10. The van der Waals surface area contributed by atoms with Gasteiger partial charge >= 0.3 is 0 Å². The van der Waals surface area contributed by atoms with E-state index in [4.69, 9.17) is 19.9 Å². The maximum absolute atomic E-state index is 12.9. The van der Waals surface area contributed by atoms with Gasteiger partial charge in [0, 0.05) is 19.5 Å². The van der Waals surface area contributed by atoms with E-state index in [1.54, 1.807) is 18.2 Å². The summed E-state index contributed by atoms with van der Waals surface area (Å²) in [5.74, 6) is -0.0803. The summed E-state index contributed by atoms with van der Waals surface area (Å²) in [4.78, 5) is 11.7. The Labute approximate surface area is 183 Å². The number of amides is 1. The Kier molecular flexibility index (Phi) is 8.47. The van der Waals surface area contributed by atoms with Crippen molar-refractivity contribution in [1.29, 1.82) is 0 Å². The number of aliphatic hydroxyl groups is 1. The molecule has 174 valence electrons. The highest BCUT2D eigenvalue weighted by atomic mass is 32.2. The van der Waals surface area contributed by atoms with Gasteiger partial charge in [-0.05, 0) is 41.7 Å². The molecule has 0 unspecified atom stereocenters. The molecule has 9 nitrogen and oxygen atoms in total. The lowest BCUT2D eigenvalue weighted by atomic mass is 9.77. The average molecular weight is 457 g/mol. The molecule has 0 aromatic heterocycles. The zero-order valence-corrected chi connectivity index (χ0v) is 19.2. The number of carbonyl (C=O) groups is 1. The molecule has 2 atom stereocenters. The first kappa shape index (κ1) is 25.1. The number of methoxy groups -OCH3 is 1. The van der Waals surface area contributed by atoms with E-state index in [2.05, 4.69) is 0 Å². The fraction of sp³-hybridized carbons (Fsp3) is 0.571. The number of allylic oxidation sites excluding steroid dienone is 1. The van der Waals surface area contributed by atoms with Crippen LogP contribution in [0.25, 0.3) is 0 Å². The Morgan fingerprint density at radius 3 is 2.42 bits per heavy atom. The molecule has 0 aliphatic carbocycles. The van der Waals surface area contributed by atoms with Crippen LogP contribution in [0.15, 0.2) is 41.0 Å². The van der Waals surface area contributed by atoms with E-state index in [-0.39, 0.29) is 48.3 Å². The van der Waals surface area contributed by atoms with Crippen LogP contribution in [0.5, 0.6) is 5.75 Å². The van der Waals surface area contributed by atoms with Gasteiger partial charge in [-0.25, -0.2) is 8.42 Å². The minimum absolute atomic E-state index is 0.00455. The number of carbonyl (C=O) groups excluding carboxylic acids is 1. The van der Waals surface area contributed by atoms with Crippen LogP contribution in [-0.2, 0) is 24.3 Å². The van der Waals surface area contributed by atoms with Crippen molar-refractivity contribution in [3.8, 4) is 5.75 Å². The number of benzene rings is 1. The van der Waals surface area contributed by atoms with Crippen molar-refractivity contribution in [3.05, 3.63) is 36.1 Å². The van der Waals surface area contributed by atoms with Gasteiger partial charge in [-0.1, -0.05) is 20.8 Å². The van der Waals surface area contributed by atoms with Gasteiger partial charge < -0.3 is 25.1 Å². The first-order valence-electron chi connectivity index (χ1n) is 10.0. The number of ether oxygens (including phenoxy) is 3. The molecular formula is C21H32N2O7S. The van der Waals surface area contributed by atoms with Gasteiger partial charge in [0.2, 0.25) is 16.3 Å². The Morgan fingerprint density at radius 2 is 1.90 bits per heavy atom. The zero-order valence-electron chi connectivity index (χ0n) is 18.4. The largest absolute Gasteiger partial charge is 0.497 e. The number of sulfonamides is 1. The lowest BCUT2D eigenvalue weighted by molar-refractivity contribution is -0.151. The van der Waals surface area contributed by atoms with Crippen molar-refractivity contribution in [3.63, 3.8) is 0 Å². The Morgan fingerprint density at radius 1 is 1.26 bits per heavy atom. The number of rotatable bonds is 10. The van der Waals surface area contributed by atoms with Crippen LogP contribution in [0.4, 0.5) is 0 Å².